The largest absolute Gasteiger partial charge is 0.446 e. The van der Waals surface area contributed by atoms with Crippen molar-refractivity contribution >= 4 is 11.8 Å². The number of thioether (sulfide) groups is 1. The first kappa shape index (κ1) is 18.3. The number of hydrogen-bond donors (Lipinski definition) is 1. The van der Waals surface area contributed by atoms with Crippen molar-refractivity contribution in [3.8, 4) is 0 Å². The van der Waals surface area contributed by atoms with Gasteiger partial charge in [0.2, 0.25) is 0 Å². The molecule has 6 heteroatoms. The monoisotopic (exact) mass is 323 g/mol. The zero-order valence-corrected chi connectivity index (χ0v) is 13.3. The second-order valence-corrected chi connectivity index (χ2v) is 7.11. The maximum atomic E-state index is 14.3. The molecule has 1 nitrogen and oxygen atoms in total. The summed E-state index contributed by atoms with van der Waals surface area (Å²) in [4.78, 5) is -0.349. The van der Waals surface area contributed by atoms with Crippen LogP contribution in [-0.4, -0.2) is 12.1 Å². The van der Waals surface area contributed by atoms with Gasteiger partial charge in [-0.05, 0) is 60.2 Å². The van der Waals surface area contributed by atoms with Gasteiger partial charge in [-0.15, -0.1) is 0 Å². The molecule has 1 aromatic carbocycles. The smallest absolute Gasteiger partial charge is 0.330 e. The number of benzene rings is 1. The van der Waals surface area contributed by atoms with E-state index in [1.807, 2.05) is 0 Å². The van der Waals surface area contributed by atoms with Crippen molar-refractivity contribution in [3.63, 3.8) is 0 Å². The Morgan fingerprint density at radius 1 is 1.10 bits per heavy atom. The van der Waals surface area contributed by atoms with Gasteiger partial charge in [0.15, 0.2) is 0 Å². The molecule has 0 unspecified atom stereocenters. The Morgan fingerprint density at radius 3 is 2.19 bits per heavy atom. The molecule has 0 radical (unpaired) electrons. The molecule has 0 fully saturated rings. The van der Waals surface area contributed by atoms with Crippen LogP contribution in [0.5, 0.6) is 0 Å². The average Bonchev–Trinajstić information content (AvgIpc) is 2.30. The molecule has 0 aromatic heterocycles. The van der Waals surface area contributed by atoms with Crippen LogP contribution in [0.4, 0.5) is 17.6 Å². The fourth-order valence-corrected chi connectivity index (χ4v) is 2.68. The number of halogens is 4. The molecule has 0 saturated heterocycles. The summed E-state index contributed by atoms with van der Waals surface area (Å²) >= 11 is -0.389. The predicted octanol–water partition coefficient (Wildman–Crippen LogP) is 5.02. The van der Waals surface area contributed by atoms with Crippen molar-refractivity contribution in [3.05, 3.63) is 29.1 Å². The Morgan fingerprint density at radius 2 is 1.71 bits per heavy atom. The number of rotatable bonds is 5. The van der Waals surface area contributed by atoms with Crippen molar-refractivity contribution in [1.82, 2.24) is 0 Å². The third-order valence-electron chi connectivity index (χ3n) is 3.05. The highest BCUT2D eigenvalue weighted by Gasteiger charge is 2.32. The number of unbranched alkanes of at least 4 members (excludes halogenated alkanes) is 1. The van der Waals surface area contributed by atoms with E-state index in [9.17, 15) is 17.6 Å². The van der Waals surface area contributed by atoms with Crippen molar-refractivity contribution in [2.75, 3.05) is 6.54 Å². The normalized spacial score (nSPS) is 12.8. The van der Waals surface area contributed by atoms with Crippen LogP contribution >= 0.6 is 11.8 Å². The molecule has 0 heterocycles. The minimum Gasteiger partial charge on any atom is -0.330 e. The lowest BCUT2D eigenvalue weighted by Gasteiger charge is -2.23. The zero-order valence-electron chi connectivity index (χ0n) is 12.5. The molecule has 0 aliphatic rings. The van der Waals surface area contributed by atoms with Crippen LogP contribution in [0, 0.1) is 5.82 Å². The first-order chi connectivity index (χ1) is 9.54. The van der Waals surface area contributed by atoms with E-state index < -0.39 is 16.7 Å². The molecule has 0 amide bonds. The Balaban J connectivity index is 3.19. The van der Waals surface area contributed by atoms with Crippen molar-refractivity contribution in [2.24, 2.45) is 5.73 Å². The number of alkyl halides is 3. The van der Waals surface area contributed by atoms with Gasteiger partial charge in [-0.25, -0.2) is 4.39 Å². The van der Waals surface area contributed by atoms with Crippen LogP contribution in [0.3, 0.4) is 0 Å². The van der Waals surface area contributed by atoms with E-state index in [2.05, 4.69) is 0 Å². The van der Waals surface area contributed by atoms with Crippen LogP contribution in [0.15, 0.2) is 17.0 Å². The molecular formula is C15H21F4NS. The lowest BCUT2D eigenvalue weighted by atomic mass is 9.85. The highest BCUT2D eigenvalue weighted by Crippen LogP contribution is 2.41. The molecule has 1 rings (SSSR count). The van der Waals surface area contributed by atoms with E-state index in [4.69, 9.17) is 5.73 Å². The summed E-state index contributed by atoms with van der Waals surface area (Å²) in [6, 6.07) is 2.98. The third-order valence-corrected chi connectivity index (χ3v) is 3.80. The van der Waals surface area contributed by atoms with Crippen molar-refractivity contribution < 1.29 is 17.6 Å². The molecule has 1 aromatic rings. The quantitative estimate of drug-likeness (QED) is 0.468. The van der Waals surface area contributed by atoms with E-state index in [0.29, 0.717) is 18.5 Å². The Bertz CT molecular complexity index is 478. The van der Waals surface area contributed by atoms with Crippen LogP contribution in [0.2, 0.25) is 0 Å². The van der Waals surface area contributed by atoms with E-state index in [0.717, 1.165) is 18.4 Å². The highest BCUT2D eigenvalue weighted by molar-refractivity contribution is 8.00. The summed E-state index contributed by atoms with van der Waals surface area (Å²) in [7, 11) is 0. The number of hydrogen-bond acceptors (Lipinski definition) is 2. The van der Waals surface area contributed by atoms with Gasteiger partial charge >= 0.3 is 5.51 Å². The maximum Gasteiger partial charge on any atom is 0.446 e. The molecule has 21 heavy (non-hydrogen) atoms. The van der Waals surface area contributed by atoms with E-state index in [-0.39, 0.29) is 16.7 Å². The second-order valence-electron chi connectivity index (χ2n) is 6.00. The van der Waals surface area contributed by atoms with Gasteiger partial charge in [0.25, 0.3) is 0 Å². The minimum atomic E-state index is -4.49. The second kappa shape index (κ2) is 7.01. The highest BCUT2D eigenvalue weighted by atomic mass is 32.2. The first-order valence-electron chi connectivity index (χ1n) is 6.83. The molecule has 0 aliphatic carbocycles. The Kier molecular flexibility index (Phi) is 6.11. The SMILES string of the molecule is CC(C)(C)c1cc(CCCCN)cc(SC(F)(F)F)c1F. The van der Waals surface area contributed by atoms with Gasteiger partial charge in [0.1, 0.15) is 5.82 Å². The third kappa shape index (κ3) is 5.87. The fraction of sp³-hybridized carbons (Fsp3) is 0.600. The summed E-state index contributed by atoms with van der Waals surface area (Å²) in [6.07, 6.45) is 2.18. The molecule has 0 bridgehead atoms. The summed E-state index contributed by atoms with van der Waals surface area (Å²) in [5.41, 5.74) is 1.42. The van der Waals surface area contributed by atoms with E-state index >= 15 is 0 Å². The lowest BCUT2D eigenvalue weighted by Crippen LogP contribution is -2.15. The van der Waals surface area contributed by atoms with E-state index in [1.165, 1.54) is 6.07 Å². The maximum absolute atomic E-state index is 14.3. The summed E-state index contributed by atoms with van der Waals surface area (Å²) in [5.74, 6) is -0.771. The minimum absolute atomic E-state index is 0.319. The summed E-state index contributed by atoms with van der Waals surface area (Å²) < 4.78 is 52.0. The average molecular weight is 323 g/mol. The van der Waals surface area contributed by atoms with Gasteiger partial charge in [0, 0.05) is 0 Å². The summed E-state index contributed by atoms with van der Waals surface area (Å²) in [6.45, 7) is 5.91. The van der Waals surface area contributed by atoms with Crippen LogP contribution in [-0.2, 0) is 11.8 Å². The molecule has 0 atom stereocenters. The Hall–Kier alpha value is -0.750. The van der Waals surface area contributed by atoms with Gasteiger partial charge in [0.05, 0.1) is 4.90 Å². The van der Waals surface area contributed by atoms with E-state index in [1.54, 1.807) is 26.8 Å². The van der Waals surface area contributed by atoms with Crippen LogP contribution < -0.4 is 5.73 Å². The topological polar surface area (TPSA) is 26.0 Å². The van der Waals surface area contributed by atoms with Crippen LogP contribution in [0.25, 0.3) is 0 Å². The number of aryl methyl sites for hydroxylation is 1. The van der Waals surface area contributed by atoms with Gasteiger partial charge in [-0.1, -0.05) is 26.8 Å². The first-order valence-corrected chi connectivity index (χ1v) is 7.65. The number of nitrogens with two attached hydrogens (primary N) is 1. The molecule has 0 aliphatic heterocycles. The Labute approximate surface area is 127 Å². The fourth-order valence-electron chi connectivity index (χ4n) is 2.02. The molecule has 0 spiro atoms. The van der Waals surface area contributed by atoms with Crippen molar-refractivity contribution in [1.29, 1.82) is 0 Å². The predicted molar refractivity (Wildman–Crippen MR) is 79.0 cm³/mol. The lowest BCUT2D eigenvalue weighted by molar-refractivity contribution is -0.0329. The van der Waals surface area contributed by atoms with Gasteiger partial charge in [-0.2, -0.15) is 13.2 Å². The summed E-state index contributed by atoms with van der Waals surface area (Å²) in [5, 5.41) is 0. The molecular weight excluding hydrogens is 302 g/mol. The standard InChI is InChI=1S/C15H21F4NS/c1-14(2,3)11-8-10(6-4-5-7-20)9-12(13(11)16)21-15(17,18)19/h8-9H,4-7,20H2,1-3H3. The van der Waals surface area contributed by atoms with Crippen LogP contribution in [0.1, 0.15) is 44.7 Å². The molecule has 0 saturated carbocycles. The zero-order chi connectivity index (χ0) is 16.3. The van der Waals surface area contributed by atoms with Crippen molar-refractivity contribution in [2.45, 2.75) is 55.9 Å². The molecule has 120 valence electrons. The van der Waals surface area contributed by atoms with Gasteiger partial charge < -0.3 is 5.73 Å². The van der Waals surface area contributed by atoms with Gasteiger partial charge in [-0.3, -0.25) is 0 Å². The molecule has 2 N–H and O–H groups in total.